The number of unbranched alkanes of at least 4 members (excludes halogenated alkanes) is 1. The van der Waals surface area contributed by atoms with Crippen LogP contribution in [0.25, 0.3) is 0 Å². The van der Waals surface area contributed by atoms with Crippen molar-refractivity contribution in [1.29, 1.82) is 0 Å². The Morgan fingerprint density at radius 2 is 2.24 bits per heavy atom. The van der Waals surface area contributed by atoms with Crippen LogP contribution in [-0.4, -0.2) is 23.2 Å². The van der Waals surface area contributed by atoms with Crippen LogP contribution in [0.15, 0.2) is 33.6 Å². The van der Waals surface area contributed by atoms with Crippen LogP contribution in [0.5, 0.6) is 0 Å². The third kappa shape index (κ3) is 5.64. The molecule has 0 saturated heterocycles. The lowest BCUT2D eigenvalue weighted by Gasteiger charge is -2.27. The average molecular weight is 371 g/mol. The van der Waals surface area contributed by atoms with Gasteiger partial charge in [-0.25, -0.2) is 0 Å². The van der Waals surface area contributed by atoms with Crippen molar-refractivity contribution in [3.63, 3.8) is 0 Å². The van der Waals surface area contributed by atoms with Crippen molar-refractivity contribution in [3.05, 3.63) is 28.7 Å². The Morgan fingerprint density at radius 1 is 1.48 bits per heavy atom. The third-order valence-corrected chi connectivity index (χ3v) is 5.35. The Kier molecular flexibility index (Phi) is 6.14. The summed E-state index contributed by atoms with van der Waals surface area (Å²) in [4.78, 5) is 12.9. The van der Waals surface area contributed by atoms with Gasteiger partial charge in [-0.05, 0) is 56.6 Å². The molecule has 1 atom stereocenters. The largest absolute Gasteiger partial charge is 0.368 e. The van der Waals surface area contributed by atoms with Crippen molar-refractivity contribution in [1.82, 2.24) is 5.32 Å². The molecule has 0 heterocycles. The van der Waals surface area contributed by atoms with Crippen LogP contribution in [0, 0.1) is 0 Å². The molecule has 116 valence electrons. The molecule has 21 heavy (non-hydrogen) atoms. The van der Waals surface area contributed by atoms with Crippen molar-refractivity contribution in [2.24, 2.45) is 5.73 Å². The molecule has 0 radical (unpaired) electrons. The van der Waals surface area contributed by atoms with Gasteiger partial charge in [-0.3, -0.25) is 4.79 Å². The highest BCUT2D eigenvalue weighted by Gasteiger charge is 2.36. The van der Waals surface area contributed by atoms with Crippen LogP contribution >= 0.6 is 27.7 Å². The Balaban J connectivity index is 1.69. The van der Waals surface area contributed by atoms with Gasteiger partial charge in [0.15, 0.2) is 0 Å². The first-order valence-electron chi connectivity index (χ1n) is 7.45. The first-order valence-corrected chi connectivity index (χ1v) is 9.23. The molecule has 0 bridgehead atoms. The Morgan fingerprint density at radius 3 is 2.86 bits per heavy atom. The molecule has 1 fully saturated rings. The lowest BCUT2D eigenvalue weighted by Crippen LogP contribution is -2.53. The summed E-state index contributed by atoms with van der Waals surface area (Å²) in [5.41, 5.74) is 5.02. The van der Waals surface area contributed by atoms with Crippen molar-refractivity contribution >= 4 is 33.6 Å². The molecule has 0 spiro atoms. The number of hydrogen-bond acceptors (Lipinski definition) is 3. The SMILES string of the molecule is CC(CCCCSc1cccc(Br)c1)(NC1CC1)C(N)=O. The molecule has 3 N–H and O–H groups in total. The number of hydrogen-bond donors (Lipinski definition) is 2. The molecule has 0 aliphatic heterocycles. The van der Waals surface area contributed by atoms with E-state index in [1.807, 2.05) is 24.8 Å². The summed E-state index contributed by atoms with van der Waals surface area (Å²) in [6.45, 7) is 1.94. The maximum atomic E-state index is 11.7. The van der Waals surface area contributed by atoms with E-state index in [1.54, 1.807) is 0 Å². The number of thioether (sulfide) groups is 1. The lowest BCUT2D eigenvalue weighted by atomic mass is 9.94. The number of halogens is 1. The van der Waals surface area contributed by atoms with Gasteiger partial charge in [-0.1, -0.05) is 28.4 Å². The molecule has 1 amide bonds. The van der Waals surface area contributed by atoms with Gasteiger partial charge in [-0.2, -0.15) is 0 Å². The van der Waals surface area contributed by atoms with Crippen LogP contribution in [0.2, 0.25) is 0 Å². The molecule has 1 aliphatic rings. The number of carbonyl (C=O) groups is 1. The van der Waals surface area contributed by atoms with Gasteiger partial charge in [0.1, 0.15) is 0 Å². The van der Waals surface area contributed by atoms with E-state index in [4.69, 9.17) is 5.73 Å². The summed E-state index contributed by atoms with van der Waals surface area (Å²) >= 11 is 5.34. The molecule has 1 saturated carbocycles. The number of nitrogens with one attached hydrogen (secondary N) is 1. The number of nitrogens with two attached hydrogens (primary N) is 1. The van der Waals surface area contributed by atoms with Crippen molar-refractivity contribution in [2.45, 2.75) is 55.5 Å². The predicted octanol–water partition coefficient (Wildman–Crippen LogP) is 3.71. The van der Waals surface area contributed by atoms with E-state index in [1.165, 1.54) is 17.7 Å². The van der Waals surface area contributed by atoms with Crippen LogP contribution in [0.3, 0.4) is 0 Å². The molecule has 2 rings (SSSR count). The fourth-order valence-corrected chi connectivity index (χ4v) is 3.79. The summed E-state index contributed by atoms with van der Waals surface area (Å²) in [5.74, 6) is 0.836. The second-order valence-corrected chi connectivity index (χ2v) is 7.96. The fourth-order valence-electron chi connectivity index (χ4n) is 2.27. The van der Waals surface area contributed by atoms with Crippen LogP contribution < -0.4 is 11.1 Å². The third-order valence-electron chi connectivity index (χ3n) is 3.78. The number of rotatable bonds is 9. The van der Waals surface area contributed by atoms with Crippen LogP contribution in [0.1, 0.15) is 39.0 Å². The van der Waals surface area contributed by atoms with Gasteiger partial charge in [-0.15, -0.1) is 11.8 Å². The van der Waals surface area contributed by atoms with Crippen LogP contribution in [0.4, 0.5) is 0 Å². The number of amides is 1. The van der Waals surface area contributed by atoms with E-state index in [0.717, 1.165) is 29.5 Å². The second kappa shape index (κ2) is 7.65. The molecule has 1 unspecified atom stereocenters. The zero-order valence-corrected chi connectivity index (χ0v) is 14.8. The topological polar surface area (TPSA) is 55.1 Å². The van der Waals surface area contributed by atoms with E-state index in [9.17, 15) is 4.79 Å². The molecular formula is C16H23BrN2OS. The highest BCUT2D eigenvalue weighted by atomic mass is 79.9. The molecular weight excluding hydrogens is 348 g/mol. The second-order valence-electron chi connectivity index (χ2n) is 5.88. The molecule has 0 aromatic heterocycles. The van der Waals surface area contributed by atoms with E-state index >= 15 is 0 Å². The van der Waals surface area contributed by atoms with E-state index < -0.39 is 5.54 Å². The molecule has 5 heteroatoms. The normalized spacial score (nSPS) is 17.4. The summed E-state index contributed by atoms with van der Waals surface area (Å²) < 4.78 is 1.11. The maximum Gasteiger partial charge on any atom is 0.237 e. The predicted molar refractivity (Wildman–Crippen MR) is 92.5 cm³/mol. The molecule has 1 aliphatic carbocycles. The van der Waals surface area contributed by atoms with Gasteiger partial charge >= 0.3 is 0 Å². The van der Waals surface area contributed by atoms with Gasteiger partial charge in [0.05, 0.1) is 5.54 Å². The first kappa shape index (κ1) is 16.8. The van der Waals surface area contributed by atoms with E-state index in [0.29, 0.717) is 6.04 Å². The summed E-state index contributed by atoms with van der Waals surface area (Å²) in [6.07, 6.45) is 5.26. The highest BCUT2D eigenvalue weighted by Crippen LogP contribution is 2.26. The zero-order chi connectivity index (χ0) is 15.3. The number of primary amides is 1. The number of carbonyl (C=O) groups excluding carboxylic acids is 1. The standard InChI is InChI=1S/C16H23BrN2OS/c1-16(15(18)20,19-13-7-8-13)9-2-3-10-21-14-6-4-5-12(17)11-14/h4-6,11,13,19H,2-3,7-10H2,1H3,(H2,18,20). The maximum absolute atomic E-state index is 11.7. The van der Waals surface area contributed by atoms with Gasteiger partial charge in [0.2, 0.25) is 5.91 Å². The van der Waals surface area contributed by atoms with Gasteiger partial charge in [0, 0.05) is 15.4 Å². The van der Waals surface area contributed by atoms with Crippen molar-refractivity contribution in [2.75, 3.05) is 5.75 Å². The quantitative estimate of drug-likeness (QED) is 0.514. The highest BCUT2D eigenvalue weighted by molar-refractivity contribution is 9.10. The Bertz CT molecular complexity index is 493. The van der Waals surface area contributed by atoms with Crippen molar-refractivity contribution in [3.8, 4) is 0 Å². The summed E-state index contributed by atoms with van der Waals surface area (Å²) in [5, 5.41) is 3.40. The monoisotopic (exact) mass is 370 g/mol. The average Bonchev–Trinajstić information content (AvgIpc) is 3.22. The molecule has 1 aromatic rings. The van der Waals surface area contributed by atoms with Gasteiger partial charge in [0.25, 0.3) is 0 Å². The minimum absolute atomic E-state index is 0.228. The minimum atomic E-state index is -0.540. The zero-order valence-electron chi connectivity index (χ0n) is 12.4. The fraction of sp³-hybridized carbons (Fsp3) is 0.562. The lowest BCUT2D eigenvalue weighted by molar-refractivity contribution is -0.124. The molecule has 1 aromatic carbocycles. The molecule has 3 nitrogen and oxygen atoms in total. The van der Waals surface area contributed by atoms with E-state index in [-0.39, 0.29) is 5.91 Å². The van der Waals surface area contributed by atoms with Crippen LogP contribution in [-0.2, 0) is 4.79 Å². The van der Waals surface area contributed by atoms with Gasteiger partial charge < -0.3 is 11.1 Å². The smallest absolute Gasteiger partial charge is 0.237 e. The summed E-state index contributed by atoms with van der Waals surface area (Å²) in [6, 6.07) is 8.84. The summed E-state index contributed by atoms with van der Waals surface area (Å²) in [7, 11) is 0. The Hall–Kier alpha value is -0.520. The number of benzene rings is 1. The van der Waals surface area contributed by atoms with E-state index in [2.05, 4.69) is 39.4 Å². The minimum Gasteiger partial charge on any atom is -0.368 e. The van der Waals surface area contributed by atoms with Crippen molar-refractivity contribution < 1.29 is 4.79 Å². The Labute approximate surface area is 139 Å². The first-order chi connectivity index (χ1) is 9.99.